The topological polar surface area (TPSA) is 74.3 Å². The van der Waals surface area contributed by atoms with Gasteiger partial charge in [0.05, 0.1) is 0 Å². The van der Waals surface area contributed by atoms with E-state index in [0.29, 0.717) is 26.1 Å². The Balaban J connectivity index is 3.88. The first-order chi connectivity index (χ1) is 10.0. The fourth-order valence-electron chi connectivity index (χ4n) is 1.59. The number of rotatable bonds is 11. The lowest BCUT2D eigenvalue weighted by atomic mass is 10.3. The Kier molecular flexibility index (Phi) is 11.6. The van der Waals surface area contributed by atoms with E-state index >= 15 is 0 Å². The van der Waals surface area contributed by atoms with E-state index in [1.54, 1.807) is 4.90 Å². The van der Waals surface area contributed by atoms with Crippen molar-refractivity contribution in [3.05, 3.63) is 0 Å². The summed E-state index contributed by atoms with van der Waals surface area (Å²) in [6, 6.07) is 0. The number of hydrogen-bond acceptors (Lipinski definition) is 6. The van der Waals surface area contributed by atoms with Gasteiger partial charge >= 0.3 is 12.1 Å². The molecule has 0 N–H and O–H groups in total. The van der Waals surface area contributed by atoms with Crippen LogP contribution >= 0.6 is 0 Å². The molecule has 7 nitrogen and oxygen atoms in total. The highest BCUT2D eigenvalue weighted by Crippen LogP contribution is 2.04. The molecule has 0 aromatic heterocycles. The monoisotopic (exact) mass is 305 g/mol. The van der Waals surface area contributed by atoms with Crippen molar-refractivity contribution in [1.82, 2.24) is 4.90 Å². The Morgan fingerprint density at radius 2 is 1.90 bits per heavy atom. The van der Waals surface area contributed by atoms with Crippen LogP contribution in [-0.4, -0.2) is 56.9 Å². The number of esters is 1. The number of carbonyl (C=O) groups excluding carboxylic acids is 2. The summed E-state index contributed by atoms with van der Waals surface area (Å²) >= 11 is 0. The maximum absolute atomic E-state index is 11.8. The maximum Gasteiger partial charge on any atom is 0.412 e. The summed E-state index contributed by atoms with van der Waals surface area (Å²) in [6.45, 7) is 7.16. The molecule has 0 aromatic carbocycles. The highest BCUT2D eigenvalue weighted by atomic mass is 16.7. The summed E-state index contributed by atoms with van der Waals surface area (Å²) in [4.78, 5) is 24.8. The molecule has 0 aromatic rings. The van der Waals surface area contributed by atoms with Crippen molar-refractivity contribution >= 4 is 12.1 Å². The molecule has 0 aliphatic heterocycles. The van der Waals surface area contributed by atoms with Gasteiger partial charge < -0.3 is 23.8 Å². The van der Waals surface area contributed by atoms with Crippen LogP contribution in [0.4, 0.5) is 4.79 Å². The van der Waals surface area contributed by atoms with Crippen molar-refractivity contribution in [2.75, 3.05) is 33.6 Å². The molecule has 0 aliphatic rings. The standard InChI is InChI=1S/C14H27NO6/c1-5-9-15(6-2)14(17)21-12(3)20-13(16)8-7-10-19-11-18-4/h12H,5-11H2,1-4H3. The van der Waals surface area contributed by atoms with Crippen molar-refractivity contribution < 1.29 is 28.5 Å². The Morgan fingerprint density at radius 3 is 2.48 bits per heavy atom. The molecule has 0 bridgehead atoms. The Hall–Kier alpha value is -1.34. The fourth-order valence-corrected chi connectivity index (χ4v) is 1.59. The van der Waals surface area contributed by atoms with Crippen LogP contribution in [-0.2, 0) is 23.7 Å². The average Bonchev–Trinajstić information content (AvgIpc) is 2.44. The number of methoxy groups -OCH3 is 1. The van der Waals surface area contributed by atoms with Gasteiger partial charge in [0.15, 0.2) is 0 Å². The molecule has 1 amide bonds. The minimum absolute atomic E-state index is 0.202. The van der Waals surface area contributed by atoms with Crippen LogP contribution < -0.4 is 0 Å². The quantitative estimate of drug-likeness (QED) is 0.331. The second-order valence-electron chi connectivity index (χ2n) is 4.44. The predicted octanol–water partition coefficient (Wildman–Crippen LogP) is 2.14. The summed E-state index contributed by atoms with van der Waals surface area (Å²) in [7, 11) is 1.53. The van der Waals surface area contributed by atoms with Gasteiger partial charge in [0.1, 0.15) is 6.79 Å². The molecule has 0 saturated heterocycles. The highest BCUT2D eigenvalue weighted by molar-refractivity contribution is 5.70. The second-order valence-corrected chi connectivity index (χ2v) is 4.44. The molecule has 124 valence electrons. The number of ether oxygens (including phenoxy) is 4. The van der Waals surface area contributed by atoms with Crippen LogP contribution in [0.1, 0.15) is 40.0 Å². The molecular formula is C14H27NO6. The van der Waals surface area contributed by atoms with Crippen LogP contribution in [0.3, 0.4) is 0 Å². The van der Waals surface area contributed by atoms with Gasteiger partial charge in [0.25, 0.3) is 0 Å². The van der Waals surface area contributed by atoms with E-state index in [9.17, 15) is 9.59 Å². The summed E-state index contributed by atoms with van der Waals surface area (Å²) in [5.74, 6) is -0.421. The van der Waals surface area contributed by atoms with E-state index in [4.69, 9.17) is 18.9 Å². The van der Waals surface area contributed by atoms with Crippen LogP contribution in [0.2, 0.25) is 0 Å². The van der Waals surface area contributed by atoms with Crippen molar-refractivity contribution in [3.63, 3.8) is 0 Å². The zero-order valence-corrected chi connectivity index (χ0v) is 13.4. The molecule has 1 unspecified atom stereocenters. The molecule has 0 spiro atoms. The third-order valence-electron chi connectivity index (χ3n) is 2.57. The van der Waals surface area contributed by atoms with Gasteiger partial charge in [-0.05, 0) is 19.8 Å². The zero-order chi connectivity index (χ0) is 16.1. The Labute approximate surface area is 126 Å². The summed E-state index contributed by atoms with van der Waals surface area (Å²) in [5, 5.41) is 0. The van der Waals surface area contributed by atoms with Crippen molar-refractivity contribution in [1.29, 1.82) is 0 Å². The molecule has 7 heteroatoms. The van der Waals surface area contributed by atoms with E-state index < -0.39 is 18.4 Å². The largest absolute Gasteiger partial charge is 0.425 e. The molecule has 0 aliphatic carbocycles. The number of nitrogens with zero attached hydrogens (tertiary/aromatic N) is 1. The van der Waals surface area contributed by atoms with Gasteiger partial charge in [-0.3, -0.25) is 4.79 Å². The summed E-state index contributed by atoms with van der Waals surface area (Å²) in [6.07, 6.45) is 0.218. The lowest BCUT2D eigenvalue weighted by Gasteiger charge is -2.22. The number of hydrogen-bond donors (Lipinski definition) is 0. The summed E-state index contributed by atoms with van der Waals surface area (Å²) < 4.78 is 19.8. The third kappa shape index (κ3) is 10.1. The predicted molar refractivity (Wildman–Crippen MR) is 76.6 cm³/mol. The minimum atomic E-state index is -0.893. The van der Waals surface area contributed by atoms with Crippen LogP contribution in [0.25, 0.3) is 0 Å². The van der Waals surface area contributed by atoms with Gasteiger partial charge in [-0.2, -0.15) is 0 Å². The molecule has 21 heavy (non-hydrogen) atoms. The lowest BCUT2D eigenvalue weighted by Crippen LogP contribution is -2.35. The molecule has 0 saturated carbocycles. The Bertz CT molecular complexity index is 297. The van der Waals surface area contributed by atoms with E-state index in [0.717, 1.165) is 6.42 Å². The van der Waals surface area contributed by atoms with Crippen LogP contribution in [0, 0.1) is 0 Å². The molecule has 0 heterocycles. The first kappa shape index (κ1) is 19.7. The van der Waals surface area contributed by atoms with E-state index in [1.165, 1.54) is 14.0 Å². The average molecular weight is 305 g/mol. The van der Waals surface area contributed by atoms with Gasteiger partial charge in [-0.15, -0.1) is 0 Å². The highest BCUT2D eigenvalue weighted by Gasteiger charge is 2.18. The van der Waals surface area contributed by atoms with Gasteiger partial charge in [0.2, 0.25) is 6.29 Å². The second kappa shape index (κ2) is 12.4. The molecule has 0 radical (unpaired) electrons. The molecule has 1 atom stereocenters. The minimum Gasteiger partial charge on any atom is -0.425 e. The van der Waals surface area contributed by atoms with Crippen LogP contribution in [0.15, 0.2) is 0 Å². The van der Waals surface area contributed by atoms with Crippen molar-refractivity contribution in [3.8, 4) is 0 Å². The Morgan fingerprint density at radius 1 is 1.19 bits per heavy atom. The van der Waals surface area contributed by atoms with Gasteiger partial charge in [0, 0.05) is 40.2 Å². The van der Waals surface area contributed by atoms with Gasteiger partial charge in [-0.25, -0.2) is 4.79 Å². The van der Waals surface area contributed by atoms with Gasteiger partial charge in [-0.1, -0.05) is 6.92 Å². The van der Waals surface area contributed by atoms with E-state index in [2.05, 4.69) is 0 Å². The van der Waals surface area contributed by atoms with Crippen LogP contribution in [0.5, 0.6) is 0 Å². The lowest BCUT2D eigenvalue weighted by molar-refractivity contribution is -0.166. The SMILES string of the molecule is CCCN(CC)C(=O)OC(C)OC(=O)CCCOCOC. The molecule has 0 rings (SSSR count). The fraction of sp³-hybridized carbons (Fsp3) is 0.857. The number of amides is 1. The first-order valence-electron chi connectivity index (χ1n) is 7.26. The zero-order valence-electron chi connectivity index (χ0n) is 13.4. The first-order valence-corrected chi connectivity index (χ1v) is 7.26. The van der Waals surface area contributed by atoms with E-state index in [1.807, 2.05) is 13.8 Å². The number of carbonyl (C=O) groups is 2. The normalized spacial score (nSPS) is 11.8. The van der Waals surface area contributed by atoms with Crippen molar-refractivity contribution in [2.24, 2.45) is 0 Å². The smallest absolute Gasteiger partial charge is 0.412 e. The molecule has 0 fully saturated rings. The van der Waals surface area contributed by atoms with E-state index in [-0.39, 0.29) is 13.2 Å². The molecular weight excluding hydrogens is 278 g/mol. The third-order valence-corrected chi connectivity index (χ3v) is 2.57. The summed E-state index contributed by atoms with van der Waals surface area (Å²) in [5.41, 5.74) is 0. The van der Waals surface area contributed by atoms with Crippen molar-refractivity contribution in [2.45, 2.75) is 46.3 Å². The maximum atomic E-state index is 11.8.